The number of nitrogens with zero attached hydrogens (tertiary/aromatic N) is 1. The number of likely N-dealkylation sites (tertiary alicyclic amines) is 1. The minimum Gasteiger partial charge on any atom is -0.444 e. The van der Waals surface area contributed by atoms with Crippen LogP contribution < -0.4 is 0 Å². The second-order valence-corrected chi connectivity index (χ2v) is 6.91. The molecule has 0 radical (unpaired) electrons. The fraction of sp³-hybridized carbons (Fsp3) is 0.444. The molecule has 1 heterocycles. The molecule has 22 heavy (non-hydrogen) atoms. The average molecular weight is 299 g/mol. The monoisotopic (exact) mass is 299 g/mol. The van der Waals surface area contributed by atoms with E-state index in [4.69, 9.17) is 4.74 Å². The van der Waals surface area contributed by atoms with E-state index in [2.05, 4.69) is 6.08 Å². The van der Waals surface area contributed by atoms with E-state index in [9.17, 15) is 9.59 Å². The predicted molar refractivity (Wildman–Crippen MR) is 83.7 cm³/mol. The summed E-state index contributed by atoms with van der Waals surface area (Å²) in [5.74, 6) is 0.0773. The van der Waals surface area contributed by atoms with Crippen molar-refractivity contribution in [2.24, 2.45) is 5.92 Å². The minimum absolute atomic E-state index is 0.0108. The van der Waals surface area contributed by atoms with Gasteiger partial charge < -0.3 is 4.74 Å². The molecule has 1 aliphatic heterocycles. The number of carbonyl (C=O) groups excluding carboxylic acids is 2. The molecule has 3 rings (SSSR count). The van der Waals surface area contributed by atoms with E-state index >= 15 is 0 Å². The van der Waals surface area contributed by atoms with Crippen molar-refractivity contribution < 1.29 is 14.3 Å². The lowest BCUT2D eigenvalue weighted by molar-refractivity contribution is 0.0160. The Labute approximate surface area is 130 Å². The number of hydrogen-bond donors (Lipinski definition) is 0. The van der Waals surface area contributed by atoms with E-state index in [1.807, 2.05) is 45.0 Å². The van der Waals surface area contributed by atoms with Crippen LogP contribution in [0.25, 0.3) is 0 Å². The first-order valence-corrected chi connectivity index (χ1v) is 7.66. The van der Waals surface area contributed by atoms with E-state index in [1.165, 1.54) is 0 Å². The highest BCUT2D eigenvalue weighted by molar-refractivity contribution is 6.02. The van der Waals surface area contributed by atoms with Crippen LogP contribution in [0.4, 0.5) is 4.79 Å². The molecule has 116 valence electrons. The summed E-state index contributed by atoms with van der Waals surface area (Å²) in [5, 5.41) is 0. The first-order valence-electron chi connectivity index (χ1n) is 7.66. The highest BCUT2D eigenvalue weighted by atomic mass is 16.6. The summed E-state index contributed by atoms with van der Waals surface area (Å²) in [5.41, 5.74) is 0.0743. The molecule has 3 unspecified atom stereocenters. The fourth-order valence-electron chi connectivity index (χ4n) is 3.22. The van der Waals surface area contributed by atoms with E-state index in [-0.39, 0.29) is 17.7 Å². The van der Waals surface area contributed by atoms with Gasteiger partial charge in [0, 0.05) is 11.5 Å². The molecule has 4 nitrogen and oxygen atoms in total. The molecule has 2 bridgehead atoms. The van der Waals surface area contributed by atoms with Crippen molar-refractivity contribution in [2.75, 3.05) is 0 Å². The van der Waals surface area contributed by atoms with Gasteiger partial charge in [0.1, 0.15) is 11.6 Å². The number of ether oxygens (including phenoxy) is 1. The van der Waals surface area contributed by atoms with Gasteiger partial charge in [-0.3, -0.25) is 9.69 Å². The number of fused-ring (bicyclic) bond motifs is 2. The Balaban J connectivity index is 1.87. The lowest BCUT2D eigenvalue weighted by Gasteiger charge is -2.33. The van der Waals surface area contributed by atoms with Crippen LogP contribution in [-0.2, 0) is 4.74 Å². The number of amides is 1. The van der Waals surface area contributed by atoms with Gasteiger partial charge in [0.25, 0.3) is 0 Å². The van der Waals surface area contributed by atoms with Gasteiger partial charge in [-0.15, -0.1) is 0 Å². The molecular weight excluding hydrogens is 278 g/mol. The molecule has 1 fully saturated rings. The summed E-state index contributed by atoms with van der Waals surface area (Å²) in [6, 6.07) is 8.67. The van der Waals surface area contributed by atoms with Crippen LogP contribution in [0, 0.1) is 5.92 Å². The summed E-state index contributed by atoms with van der Waals surface area (Å²) in [7, 11) is 0. The molecule has 2 aliphatic rings. The molecule has 0 aromatic heterocycles. The van der Waals surface area contributed by atoms with Crippen LogP contribution in [0.3, 0.4) is 0 Å². The lowest BCUT2D eigenvalue weighted by atomic mass is 9.94. The summed E-state index contributed by atoms with van der Waals surface area (Å²) in [4.78, 5) is 27.0. The van der Waals surface area contributed by atoms with Crippen LogP contribution in [0.2, 0.25) is 0 Å². The molecule has 1 aliphatic carbocycles. The molecule has 0 N–H and O–H groups in total. The van der Waals surface area contributed by atoms with Crippen molar-refractivity contribution in [1.29, 1.82) is 0 Å². The van der Waals surface area contributed by atoms with E-state index in [1.54, 1.807) is 17.0 Å². The van der Waals surface area contributed by atoms with Crippen LogP contribution in [-0.4, -0.2) is 34.5 Å². The van der Waals surface area contributed by atoms with Crippen LogP contribution in [0.15, 0.2) is 42.5 Å². The SMILES string of the molecule is CC(C)(C)OC(=O)N1C2C=CC(C2)C1C(=O)c1ccccc1. The van der Waals surface area contributed by atoms with Crippen molar-refractivity contribution in [3.05, 3.63) is 48.0 Å². The van der Waals surface area contributed by atoms with Gasteiger partial charge in [-0.1, -0.05) is 42.5 Å². The van der Waals surface area contributed by atoms with E-state index in [0.717, 1.165) is 6.42 Å². The van der Waals surface area contributed by atoms with Crippen molar-refractivity contribution >= 4 is 11.9 Å². The van der Waals surface area contributed by atoms with Crippen molar-refractivity contribution in [3.63, 3.8) is 0 Å². The van der Waals surface area contributed by atoms with Crippen LogP contribution in [0.5, 0.6) is 0 Å². The Morgan fingerprint density at radius 2 is 1.82 bits per heavy atom. The average Bonchev–Trinajstić information content (AvgIpc) is 3.06. The largest absolute Gasteiger partial charge is 0.444 e. The number of Topliss-reactive ketones (excluding diaryl/α,β-unsaturated/α-hetero) is 1. The van der Waals surface area contributed by atoms with Gasteiger partial charge in [-0.25, -0.2) is 4.79 Å². The normalized spacial score (nSPS) is 26.3. The molecule has 0 spiro atoms. The number of hydrogen-bond acceptors (Lipinski definition) is 3. The molecular formula is C18H21NO3. The number of rotatable bonds is 2. The highest BCUT2D eigenvalue weighted by Crippen LogP contribution is 2.39. The molecule has 0 saturated carbocycles. The lowest BCUT2D eigenvalue weighted by Crippen LogP contribution is -2.49. The number of carbonyl (C=O) groups is 2. The minimum atomic E-state index is -0.566. The summed E-state index contributed by atoms with van der Waals surface area (Å²) in [6.07, 6.45) is 4.46. The quantitative estimate of drug-likeness (QED) is 0.621. The van der Waals surface area contributed by atoms with Crippen molar-refractivity contribution in [3.8, 4) is 0 Å². The van der Waals surface area contributed by atoms with Gasteiger partial charge >= 0.3 is 6.09 Å². The second kappa shape index (κ2) is 5.27. The molecule has 1 aromatic carbocycles. The van der Waals surface area contributed by atoms with Gasteiger partial charge in [-0.05, 0) is 27.2 Å². The summed E-state index contributed by atoms with van der Waals surface area (Å²) >= 11 is 0. The predicted octanol–water partition coefficient (Wildman–Crippen LogP) is 3.43. The van der Waals surface area contributed by atoms with Gasteiger partial charge in [-0.2, -0.15) is 0 Å². The molecule has 3 atom stereocenters. The van der Waals surface area contributed by atoms with Gasteiger partial charge in [0.05, 0.1) is 6.04 Å². The zero-order chi connectivity index (χ0) is 15.9. The standard InChI is InChI=1S/C18H21NO3/c1-18(2,3)22-17(21)19-14-10-9-13(11-14)15(19)16(20)12-7-5-4-6-8-12/h4-10,13-15H,11H2,1-3H3. The van der Waals surface area contributed by atoms with Gasteiger partial charge in [0.15, 0.2) is 5.78 Å². The second-order valence-electron chi connectivity index (χ2n) is 6.91. The Kier molecular flexibility index (Phi) is 3.55. The highest BCUT2D eigenvalue weighted by Gasteiger charge is 2.49. The smallest absolute Gasteiger partial charge is 0.411 e. The van der Waals surface area contributed by atoms with Crippen molar-refractivity contribution in [2.45, 2.75) is 44.9 Å². The maximum absolute atomic E-state index is 12.8. The molecule has 4 heteroatoms. The molecule has 1 saturated heterocycles. The third-order valence-electron chi connectivity index (χ3n) is 4.09. The number of ketones is 1. The van der Waals surface area contributed by atoms with E-state index < -0.39 is 17.7 Å². The first-order chi connectivity index (χ1) is 10.4. The van der Waals surface area contributed by atoms with Crippen LogP contribution in [0.1, 0.15) is 37.6 Å². The van der Waals surface area contributed by atoms with Crippen LogP contribution >= 0.6 is 0 Å². The third kappa shape index (κ3) is 2.65. The summed E-state index contributed by atoms with van der Waals surface area (Å²) < 4.78 is 5.49. The Bertz CT molecular complexity index is 615. The molecule has 1 aromatic rings. The fourth-order valence-corrected chi connectivity index (χ4v) is 3.22. The van der Waals surface area contributed by atoms with Crippen molar-refractivity contribution in [1.82, 2.24) is 4.90 Å². The molecule has 1 amide bonds. The zero-order valence-electron chi connectivity index (χ0n) is 13.2. The Hall–Kier alpha value is -2.10. The number of benzene rings is 1. The third-order valence-corrected chi connectivity index (χ3v) is 4.09. The Morgan fingerprint density at radius 3 is 2.45 bits per heavy atom. The topological polar surface area (TPSA) is 46.6 Å². The van der Waals surface area contributed by atoms with E-state index in [0.29, 0.717) is 5.56 Å². The first kappa shape index (κ1) is 14.8. The Morgan fingerprint density at radius 1 is 1.14 bits per heavy atom. The summed E-state index contributed by atoms with van der Waals surface area (Å²) in [6.45, 7) is 5.51. The maximum Gasteiger partial charge on any atom is 0.411 e. The maximum atomic E-state index is 12.8. The van der Waals surface area contributed by atoms with Gasteiger partial charge in [0.2, 0.25) is 0 Å². The zero-order valence-corrected chi connectivity index (χ0v) is 13.2.